The summed E-state index contributed by atoms with van der Waals surface area (Å²) in [6.07, 6.45) is 5.01. The topological polar surface area (TPSA) is 40.7 Å². The van der Waals surface area contributed by atoms with Crippen LogP contribution in [0.2, 0.25) is 0 Å². The van der Waals surface area contributed by atoms with Crippen molar-refractivity contribution >= 4 is 11.0 Å². The maximum atomic E-state index is 4.62. The highest BCUT2D eigenvalue weighted by atomic mass is 14.9. The fourth-order valence-electron chi connectivity index (χ4n) is 2.64. The Morgan fingerprint density at radius 1 is 1.29 bits per heavy atom. The van der Waals surface area contributed by atoms with Crippen molar-refractivity contribution in [1.29, 1.82) is 0 Å². The van der Waals surface area contributed by atoms with Crippen molar-refractivity contribution in [2.24, 2.45) is 5.92 Å². The van der Waals surface area contributed by atoms with Crippen molar-refractivity contribution in [2.45, 2.75) is 25.7 Å². The van der Waals surface area contributed by atoms with Gasteiger partial charge in [0.1, 0.15) is 5.82 Å². The monoisotopic (exact) mass is 229 g/mol. The largest absolute Gasteiger partial charge is 0.342 e. The average molecular weight is 229 g/mol. The summed E-state index contributed by atoms with van der Waals surface area (Å²) in [5.74, 6) is 1.97. The van der Waals surface area contributed by atoms with Crippen LogP contribution in [0.5, 0.6) is 0 Å². The number of H-pyrrole nitrogens is 1. The molecule has 1 aliphatic rings. The predicted octanol–water partition coefficient (Wildman–Crippen LogP) is 2.50. The van der Waals surface area contributed by atoms with Crippen LogP contribution in [0.3, 0.4) is 0 Å². The van der Waals surface area contributed by atoms with E-state index < -0.39 is 0 Å². The molecule has 1 unspecified atom stereocenters. The molecular weight excluding hydrogens is 210 g/mol. The number of benzene rings is 1. The molecule has 2 N–H and O–H groups in total. The highest BCUT2D eigenvalue weighted by Crippen LogP contribution is 2.17. The lowest BCUT2D eigenvalue weighted by Gasteiger charge is -2.22. The van der Waals surface area contributed by atoms with Crippen molar-refractivity contribution < 1.29 is 0 Å². The molecule has 1 fully saturated rings. The number of aromatic nitrogens is 2. The number of piperidine rings is 1. The number of imidazole rings is 1. The number of nitrogens with zero attached hydrogens (tertiary/aromatic N) is 1. The first-order chi connectivity index (χ1) is 8.42. The van der Waals surface area contributed by atoms with Gasteiger partial charge in [-0.3, -0.25) is 0 Å². The van der Waals surface area contributed by atoms with E-state index in [2.05, 4.69) is 33.5 Å². The zero-order valence-corrected chi connectivity index (χ0v) is 10.1. The smallest absolute Gasteiger partial charge is 0.107 e. The zero-order chi connectivity index (χ0) is 11.5. The van der Waals surface area contributed by atoms with E-state index in [-0.39, 0.29) is 0 Å². The number of nitrogens with one attached hydrogen (secondary N) is 2. The Bertz CT molecular complexity index is 450. The van der Waals surface area contributed by atoms with E-state index in [1.54, 1.807) is 0 Å². The lowest BCUT2D eigenvalue weighted by Crippen LogP contribution is -2.29. The highest BCUT2D eigenvalue weighted by molar-refractivity contribution is 5.74. The number of fused-ring (bicyclic) bond motifs is 1. The highest BCUT2D eigenvalue weighted by Gasteiger charge is 2.13. The fourth-order valence-corrected chi connectivity index (χ4v) is 2.64. The molecule has 1 saturated heterocycles. The van der Waals surface area contributed by atoms with Gasteiger partial charge >= 0.3 is 0 Å². The Morgan fingerprint density at radius 3 is 3.06 bits per heavy atom. The minimum Gasteiger partial charge on any atom is -0.342 e. The first kappa shape index (κ1) is 10.8. The number of hydrogen-bond acceptors (Lipinski definition) is 2. The molecular formula is C14H19N3. The molecule has 0 bridgehead atoms. The SMILES string of the molecule is c1ccc2[nH]c(CCC3CCCNC3)nc2c1. The van der Waals surface area contributed by atoms with Gasteiger partial charge in [-0.25, -0.2) is 4.98 Å². The molecule has 0 saturated carbocycles. The van der Waals surface area contributed by atoms with Crippen molar-refractivity contribution in [3.8, 4) is 0 Å². The molecule has 0 spiro atoms. The van der Waals surface area contributed by atoms with Crippen molar-refractivity contribution in [2.75, 3.05) is 13.1 Å². The van der Waals surface area contributed by atoms with Crippen LogP contribution in [-0.4, -0.2) is 23.1 Å². The molecule has 0 amide bonds. The minimum absolute atomic E-state index is 0.831. The molecule has 1 aromatic heterocycles. The number of aryl methyl sites for hydroxylation is 1. The fraction of sp³-hybridized carbons (Fsp3) is 0.500. The Kier molecular flexibility index (Phi) is 3.10. The van der Waals surface area contributed by atoms with Crippen molar-refractivity contribution in [3.05, 3.63) is 30.1 Å². The predicted molar refractivity (Wildman–Crippen MR) is 70.0 cm³/mol. The summed E-state index contributed by atoms with van der Waals surface area (Å²) in [4.78, 5) is 8.02. The van der Waals surface area contributed by atoms with Gasteiger partial charge in [0, 0.05) is 6.42 Å². The molecule has 2 heterocycles. The second-order valence-electron chi connectivity index (χ2n) is 4.95. The molecule has 3 nitrogen and oxygen atoms in total. The Hall–Kier alpha value is -1.35. The van der Waals surface area contributed by atoms with Gasteiger partial charge in [-0.1, -0.05) is 12.1 Å². The maximum absolute atomic E-state index is 4.62. The Labute approximate surface area is 102 Å². The summed E-state index contributed by atoms with van der Waals surface area (Å²) in [7, 11) is 0. The van der Waals surface area contributed by atoms with Crippen LogP contribution in [0.25, 0.3) is 11.0 Å². The van der Waals surface area contributed by atoms with Crippen LogP contribution >= 0.6 is 0 Å². The van der Waals surface area contributed by atoms with E-state index in [4.69, 9.17) is 0 Å². The quantitative estimate of drug-likeness (QED) is 0.849. The van der Waals surface area contributed by atoms with E-state index in [1.165, 1.54) is 32.4 Å². The molecule has 0 radical (unpaired) electrons. The van der Waals surface area contributed by atoms with E-state index in [0.717, 1.165) is 29.2 Å². The summed E-state index contributed by atoms with van der Waals surface area (Å²) in [6.45, 7) is 2.38. The second kappa shape index (κ2) is 4.88. The van der Waals surface area contributed by atoms with Gasteiger partial charge in [-0.15, -0.1) is 0 Å². The van der Waals surface area contributed by atoms with Gasteiger partial charge in [0.05, 0.1) is 11.0 Å². The summed E-state index contributed by atoms with van der Waals surface area (Å²) >= 11 is 0. The number of rotatable bonds is 3. The summed E-state index contributed by atoms with van der Waals surface area (Å²) in [5.41, 5.74) is 2.24. The molecule has 3 heteroatoms. The molecule has 1 aromatic carbocycles. The Balaban J connectivity index is 1.64. The van der Waals surface area contributed by atoms with Crippen LogP contribution in [0.1, 0.15) is 25.1 Å². The van der Waals surface area contributed by atoms with E-state index >= 15 is 0 Å². The van der Waals surface area contributed by atoms with Gasteiger partial charge in [0.2, 0.25) is 0 Å². The molecule has 1 aliphatic heterocycles. The summed E-state index contributed by atoms with van der Waals surface area (Å²) in [6, 6.07) is 8.25. The number of hydrogen-bond donors (Lipinski definition) is 2. The molecule has 1 atom stereocenters. The van der Waals surface area contributed by atoms with E-state index in [1.807, 2.05) is 6.07 Å². The van der Waals surface area contributed by atoms with Gasteiger partial charge in [0.15, 0.2) is 0 Å². The molecule has 17 heavy (non-hydrogen) atoms. The first-order valence-electron chi connectivity index (χ1n) is 6.56. The van der Waals surface area contributed by atoms with E-state index in [9.17, 15) is 0 Å². The van der Waals surface area contributed by atoms with Crippen LogP contribution < -0.4 is 5.32 Å². The number of para-hydroxylation sites is 2. The summed E-state index contributed by atoms with van der Waals surface area (Å²) < 4.78 is 0. The number of aromatic amines is 1. The van der Waals surface area contributed by atoms with Crippen LogP contribution in [-0.2, 0) is 6.42 Å². The molecule has 90 valence electrons. The molecule has 0 aliphatic carbocycles. The van der Waals surface area contributed by atoms with Crippen LogP contribution in [0.15, 0.2) is 24.3 Å². The first-order valence-corrected chi connectivity index (χ1v) is 6.56. The second-order valence-corrected chi connectivity index (χ2v) is 4.95. The lowest BCUT2D eigenvalue weighted by molar-refractivity contribution is 0.356. The standard InChI is InChI=1S/C14H19N3/c1-2-6-13-12(5-1)16-14(17-13)8-7-11-4-3-9-15-10-11/h1-2,5-6,11,15H,3-4,7-10H2,(H,16,17). The zero-order valence-electron chi connectivity index (χ0n) is 10.1. The van der Waals surface area contributed by atoms with E-state index in [0.29, 0.717) is 0 Å². The third kappa shape index (κ3) is 2.50. The normalized spacial score (nSPS) is 20.8. The Morgan fingerprint density at radius 2 is 2.24 bits per heavy atom. The third-order valence-corrected chi connectivity index (χ3v) is 3.63. The summed E-state index contributed by atoms with van der Waals surface area (Å²) in [5, 5.41) is 3.47. The van der Waals surface area contributed by atoms with Gasteiger partial charge < -0.3 is 10.3 Å². The third-order valence-electron chi connectivity index (χ3n) is 3.63. The van der Waals surface area contributed by atoms with Crippen LogP contribution in [0, 0.1) is 5.92 Å². The lowest BCUT2D eigenvalue weighted by atomic mass is 9.95. The van der Waals surface area contributed by atoms with Crippen LogP contribution in [0.4, 0.5) is 0 Å². The maximum Gasteiger partial charge on any atom is 0.107 e. The minimum atomic E-state index is 0.831. The average Bonchev–Trinajstić information content (AvgIpc) is 2.80. The van der Waals surface area contributed by atoms with Gasteiger partial charge in [0.25, 0.3) is 0 Å². The molecule has 2 aromatic rings. The van der Waals surface area contributed by atoms with Crippen molar-refractivity contribution in [3.63, 3.8) is 0 Å². The van der Waals surface area contributed by atoms with Gasteiger partial charge in [-0.05, 0) is 50.4 Å². The molecule has 3 rings (SSSR count). The van der Waals surface area contributed by atoms with Crippen molar-refractivity contribution in [1.82, 2.24) is 15.3 Å². The van der Waals surface area contributed by atoms with Gasteiger partial charge in [-0.2, -0.15) is 0 Å².